The highest BCUT2D eigenvalue weighted by atomic mass is 16.1. The number of fused-ring (bicyclic) bond motifs is 1. The number of pyridine rings is 1. The minimum absolute atomic E-state index is 0.00678. The predicted molar refractivity (Wildman–Crippen MR) is 116 cm³/mol. The van der Waals surface area contributed by atoms with Crippen molar-refractivity contribution < 1.29 is 4.79 Å². The largest absolute Gasteiger partial charge is 0.325 e. The van der Waals surface area contributed by atoms with E-state index in [2.05, 4.69) is 28.3 Å². The number of benzene rings is 2. The number of nitrogens with one attached hydrogen (secondary N) is 1. The molecule has 0 saturated heterocycles. The molecule has 29 heavy (non-hydrogen) atoms. The Morgan fingerprint density at radius 3 is 2.59 bits per heavy atom. The molecule has 0 fully saturated rings. The molecule has 0 spiro atoms. The Labute approximate surface area is 170 Å². The van der Waals surface area contributed by atoms with Gasteiger partial charge in [-0.2, -0.15) is 0 Å². The van der Waals surface area contributed by atoms with E-state index in [9.17, 15) is 4.79 Å². The van der Waals surface area contributed by atoms with E-state index in [0.29, 0.717) is 6.42 Å². The lowest BCUT2D eigenvalue weighted by Crippen LogP contribution is -2.16. The molecule has 5 nitrogen and oxygen atoms in total. The molecule has 0 atom stereocenters. The van der Waals surface area contributed by atoms with Gasteiger partial charge in [-0.15, -0.1) is 0 Å². The molecule has 0 saturated carbocycles. The van der Waals surface area contributed by atoms with Crippen LogP contribution in [0.5, 0.6) is 0 Å². The summed E-state index contributed by atoms with van der Waals surface area (Å²) in [4.78, 5) is 21.6. The molecule has 4 aromatic rings. The zero-order valence-electron chi connectivity index (χ0n) is 16.9. The third kappa shape index (κ3) is 3.76. The second-order valence-corrected chi connectivity index (χ2v) is 7.19. The topological polar surface area (TPSA) is 59.8 Å². The van der Waals surface area contributed by atoms with Gasteiger partial charge in [0.1, 0.15) is 11.3 Å². The molecule has 2 aromatic heterocycles. The van der Waals surface area contributed by atoms with E-state index in [1.807, 2.05) is 66.9 Å². The van der Waals surface area contributed by atoms with Crippen LogP contribution in [-0.2, 0) is 17.6 Å². The van der Waals surface area contributed by atoms with Crippen molar-refractivity contribution in [2.75, 3.05) is 5.32 Å². The van der Waals surface area contributed by atoms with Crippen molar-refractivity contribution >= 4 is 22.8 Å². The number of nitrogens with zero attached hydrogens (tertiary/aromatic N) is 3. The Hall–Kier alpha value is -3.47. The van der Waals surface area contributed by atoms with Crippen molar-refractivity contribution in [3.63, 3.8) is 0 Å². The summed E-state index contributed by atoms with van der Waals surface area (Å²) >= 11 is 0. The molecule has 146 valence electrons. The Morgan fingerprint density at radius 1 is 1.03 bits per heavy atom. The van der Waals surface area contributed by atoms with Gasteiger partial charge in [0.05, 0.1) is 6.42 Å². The monoisotopic (exact) mass is 384 g/mol. The van der Waals surface area contributed by atoms with E-state index < -0.39 is 0 Å². The number of carbonyl (C=O) groups excluding carboxylic acids is 1. The van der Waals surface area contributed by atoms with Crippen LogP contribution in [0.1, 0.15) is 29.4 Å². The van der Waals surface area contributed by atoms with Crippen molar-refractivity contribution in [2.45, 2.75) is 33.6 Å². The highest BCUT2D eigenvalue weighted by Crippen LogP contribution is 2.22. The summed E-state index contributed by atoms with van der Waals surface area (Å²) in [6, 6.07) is 18.0. The molecule has 0 aliphatic rings. The van der Waals surface area contributed by atoms with Crippen molar-refractivity contribution in [1.82, 2.24) is 14.5 Å². The van der Waals surface area contributed by atoms with Crippen LogP contribution in [0.25, 0.3) is 16.9 Å². The van der Waals surface area contributed by atoms with Crippen molar-refractivity contribution in [2.24, 2.45) is 0 Å². The van der Waals surface area contributed by atoms with E-state index >= 15 is 0 Å². The molecule has 2 heterocycles. The second-order valence-electron chi connectivity index (χ2n) is 7.19. The maximum atomic E-state index is 12.6. The van der Waals surface area contributed by atoms with Crippen LogP contribution in [0.15, 0.2) is 60.8 Å². The summed E-state index contributed by atoms with van der Waals surface area (Å²) in [5, 5.41) is 3.09. The van der Waals surface area contributed by atoms with Gasteiger partial charge in [0.15, 0.2) is 5.65 Å². The van der Waals surface area contributed by atoms with E-state index in [0.717, 1.165) is 51.5 Å². The van der Waals surface area contributed by atoms with Crippen molar-refractivity contribution in [1.29, 1.82) is 0 Å². The first-order valence-electron chi connectivity index (χ1n) is 9.84. The number of carbonyl (C=O) groups is 1. The first-order valence-corrected chi connectivity index (χ1v) is 9.84. The van der Waals surface area contributed by atoms with Gasteiger partial charge < -0.3 is 5.32 Å². The van der Waals surface area contributed by atoms with Gasteiger partial charge in [-0.25, -0.2) is 9.97 Å². The first-order chi connectivity index (χ1) is 14.1. The summed E-state index contributed by atoms with van der Waals surface area (Å²) < 4.78 is 2.03. The molecule has 1 N–H and O–H groups in total. The van der Waals surface area contributed by atoms with Crippen LogP contribution in [0.2, 0.25) is 0 Å². The number of para-hydroxylation sites is 1. The summed E-state index contributed by atoms with van der Waals surface area (Å²) in [7, 11) is 0. The van der Waals surface area contributed by atoms with Crippen molar-refractivity contribution in [3.05, 3.63) is 83.3 Å². The van der Waals surface area contributed by atoms with Gasteiger partial charge in [-0.1, -0.05) is 37.3 Å². The Kier molecular flexibility index (Phi) is 5.12. The molecule has 0 unspecified atom stereocenters. The smallest absolute Gasteiger partial charge is 0.228 e. The Bertz CT molecular complexity index is 1180. The summed E-state index contributed by atoms with van der Waals surface area (Å²) in [5.41, 5.74) is 6.84. The van der Waals surface area contributed by atoms with E-state index in [1.54, 1.807) is 6.20 Å². The maximum absolute atomic E-state index is 12.6. The molecule has 1 amide bonds. The number of hydrogen-bond acceptors (Lipinski definition) is 3. The zero-order chi connectivity index (χ0) is 20.4. The summed E-state index contributed by atoms with van der Waals surface area (Å²) in [6.07, 6.45) is 2.99. The summed E-state index contributed by atoms with van der Waals surface area (Å²) in [5.74, 6) is 0.878. The standard InChI is InChI=1S/C24H24N4O/c1-4-19-8-5-7-16(2)23(19)27-22(29)15-18-10-12-20(13-11-18)28-17(3)26-21-9-6-14-25-24(21)28/h5-14H,4,15H2,1-3H3,(H,27,29). The van der Waals surface area contributed by atoms with Crippen LogP contribution < -0.4 is 5.32 Å². The lowest BCUT2D eigenvalue weighted by Gasteiger charge is -2.13. The molecule has 0 aliphatic heterocycles. The second kappa shape index (κ2) is 7.87. The average molecular weight is 384 g/mol. The predicted octanol–water partition coefficient (Wildman–Crippen LogP) is 4.78. The molecular formula is C24H24N4O. The fraction of sp³-hybridized carbons (Fsp3) is 0.208. The van der Waals surface area contributed by atoms with Crippen molar-refractivity contribution in [3.8, 4) is 5.69 Å². The highest BCUT2D eigenvalue weighted by Gasteiger charge is 2.12. The van der Waals surface area contributed by atoms with E-state index in [4.69, 9.17) is 0 Å². The lowest BCUT2D eigenvalue weighted by atomic mass is 10.1. The van der Waals surface area contributed by atoms with Gasteiger partial charge in [-0.3, -0.25) is 9.36 Å². The third-order valence-corrected chi connectivity index (χ3v) is 5.15. The number of anilines is 1. The van der Waals surface area contributed by atoms with E-state index in [1.165, 1.54) is 0 Å². The van der Waals surface area contributed by atoms with Crippen LogP contribution in [0.3, 0.4) is 0 Å². The zero-order valence-corrected chi connectivity index (χ0v) is 16.9. The number of aryl methyl sites for hydroxylation is 3. The van der Waals surface area contributed by atoms with Gasteiger partial charge >= 0.3 is 0 Å². The number of rotatable bonds is 5. The molecule has 0 bridgehead atoms. The Morgan fingerprint density at radius 2 is 1.83 bits per heavy atom. The molecule has 5 heteroatoms. The average Bonchev–Trinajstić information content (AvgIpc) is 3.06. The number of imidazole rings is 1. The SMILES string of the molecule is CCc1cccc(C)c1NC(=O)Cc1ccc(-n2c(C)nc3cccnc32)cc1. The van der Waals surface area contributed by atoms with Gasteiger partial charge in [-0.05, 0) is 61.2 Å². The van der Waals surface area contributed by atoms with Gasteiger partial charge in [0.2, 0.25) is 5.91 Å². The molecular weight excluding hydrogens is 360 g/mol. The fourth-order valence-corrected chi connectivity index (χ4v) is 3.67. The Balaban J connectivity index is 1.53. The maximum Gasteiger partial charge on any atom is 0.228 e. The van der Waals surface area contributed by atoms with Crippen LogP contribution in [0, 0.1) is 13.8 Å². The first kappa shape index (κ1) is 18.9. The van der Waals surface area contributed by atoms with Crippen LogP contribution >= 0.6 is 0 Å². The third-order valence-electron chi connectivity index (χ3n) is 5.15. The minimum Gasteiger partial charge on any atom is -0.325 e. The molecule has 2 aromatic carbocycles. The molecule has 0 aliphatic carbocycles. The van der Waals surface area contributed by atoms with Crippen LogP contribution in [-0.4, -0.2) is 20.4 Å². The lowest BCUT2D eigenvalue weighted by molar-refractivity contribution is -0.115. The normalized spacial score (nSPS) is 11.0. The van der Waals surface area contributed by atoms with Crippen LogP contribution in [0.4, 0.5) is 5.69 Å². The summed E-state index contributed by atoms with van der Waals surface area (Å²) in [6.45, 7) is 6.09. The minimum atomic E-state index is -0.00678. The number of hydrogen-bond donors (Lipinski definition) is 1. The fourth-order valence-electron chi connectivity index (χ4n) is 3.67. The van der Waals surface area contributed by atoms with E-state index in [-0.39, 0.29) is 5.91 Å². The quantitative estimate of drug-likeness (QED) is 0.539. The highest BCUT2D eigenvalue weighted by molar-refractivity contribution is 5.93. The number of amides is 1. The number of aromatic nitrogens is 3. The van der Waals surface area contributed by atoms with Gasteiger partial charge in [0, 0.05) is 17.6 Å². The van der Waals surface area contributed by atoms with Gasteiger partial charge in [0.25, 0.3) is 0 Å². The molecule has 4 rings (SSSR count). The molecule has 0 radical (unpaired) electrons.